The highest BCUT2D eigenvalue weighted by molar-refractivity contribution is 7.92. The van der Waals surface area contributed by atoms with Gasteiger partial charge in [-0.3, -0.25) is 0 Å². The summed E-state index contributed by atoms with van der Waals surface area (Å²) in [7, 11) is -3.52. The number of sulfone groups is 1. The van der Waals surface area contributed by atoms with Gasteiger partial charge in [0, 0.05) is 10.8 Å². The van der Waals surface area contributed by atoms with E-state index in [1.165, 1.54) is 0 Å². The second kappa shape index (κ2) is 4.45. The zero-order chi connectivity index (χ0) is 16.4. The zero-order valence-electron chi connectivity index (χ0n) is 13.4. The molecule has 0 aliphatic carbocycles. The van der Waals surface area contributed by atoms with Gasteiger partial charge < -0.3 is 0 Å². The average Bonchev–Trinajstić information content (AvgIpc) is 2.52. The van der Waals surface area contributed by atoms with Crippen LogP contribution in [0.15, 0.2) is 64.4 Å². The lowest BCUT2D eigenvalue weighted by atomic mass is 9.76. The highest BCUT2D eigenvalue weighted by Crippen LogP contribution is 2.48. The Labute approximate surface area is 136 Å². The highest BCUT2D eigenvalue weighted by atomic mass is 32.2. The van der Waals surface area contributed by atoms with E-state index < -0.39 is 9.84 Å². The minimum atomic E-state index is -3.52. The van der Waals surface area contributed by atoms with Crippen LogP contribution in [-0.2, 0) is 15.3 Å². The van der Waals surface area contributed by atoms with Gasteiger partial charge in [-0.25, -0.2) is 8.42 Å². The minimum absolute atomic E-state index is 0.341. The van der Waals surface area contributed by atoms with Crippen molar-refractivity contribution in [2.45, 2.75) is 36.0 Å². The maximum Gasteiger partial charge on any atom is 0.207 e. The molecular formula is C20H18O2S. The summed E-state index contributed by atoms with van der Waals surface area (Å²) in [5.41, 5.74) is 2.51. The number of benzene rings is 3. The molecule has 1 heterocycles. The Morgan fingerprint density at radius 2 is 1.61 bits per heavy atom. The summed E-state index contributed by atoms with van der Waals surface area (Å²) < 4.78 is 26.6. The Hall–Kier alpha value is -2.13. The van der Waals surface area contributed by atoms with Gasteiger partial charge in [0.05, 0.1) is 9.79 Å². The van der Waals surface area contributed by atoms with E-state index in [-0.39, 0.29) is 5.41 Å². The molecule has 0 spiro atoms. The van der Waals surface area contributed by atoms with Crippen molar-refractivity contribution in [3.8, 4) is 0 Å². The monoisotopic (exact) mass is 322 g/mol. The first-order valence-electron chi connectivity index (χ1n) is 7.72. The normalized spacial score (nSPS) is 17.5. The largest absolute Gasteiger partial charge is 0.218 e. The van der Waals surface area contributed by atoms with E-state index in [9.17, 15) is 8.42 Å². The third-order valence-electron chi connectivity index (χ3n) is 4.92. The van der Waals surface area contributed by atoms with Gasteiger partial charge in [-0.1, -0.05) is 67.9 Å². The molecule has 3 heteroatoms. The van der Waals surface area contributed by atoms with E-state index in [4.69, 9.17) is 0 Å². The van der Waals surface area contributed by atoms with E-state index in [1.807, 2.05) is 55.5 Å². The van der Waals surface area contributed by atoms with Crippen LogP contribution in [0.5, 0.6) is 0 Å². The van der Waals surface area contributed by atoms with Crippen LogP contribution in [0.1, 0.15) is 30.5 Å². The Bertz CT molecular complexity index is 1060. The lowest BCUT2D eigenvalue weighted by molar-refractivity contribution is 0.557. The quantitative estimate of drug-likeness (QED) is 0.605. The van der Waals surface area contributed by atoms with Gasteiger partial charge >= 0.3 is 0 Å². The third-order valence-corrected chi connectivity index (χ3v) is 6.83. The van der Waals surface area contributed by atoms with Gasteiger partial charge in [-0.2, -0.15) is 0 Å². The Kier molecular flexibility index (Phi) is 2.80. The maximum absolute atomic E-state index is 13.3. The van der Waals surface area contributed by atoms with Gasteiger partial charge in [0.15, 0.2) is 0 Å². The molecule has 0 radical (unpaired) electrons. The molecule has 1 aliphatic heterocycles. The summed E-state index contributed by atoms with van der Waals surface area (Å²) >= 11 is 0. The van der Waals surface area contributed by atoms with E-state index >= 15 is 0 Å². The number of rotatable bonds is 0. The Morgan fingerprint density at radius 1 is 0.870 bits per heavy atom. The van der Waals surface area contributed by atoms with Crippen LogP contribution in [0, 0.1) is 6.92 Å². The van der Waals surface area contributed by atoms with Crippen molar-refractivity contribution in [1.82, 2.24) is 0 Å². The molecule has 3 aromatic rings. The molecule has 23 heavy (non-hydrogen) atoms. The second-order valence-corrected chi connectivity index (χ2v) is 8.65. The lowest BCUT2D eigenvalue weighted by Crippen LogP contribution is -2.30. The Balaban J connectivity index is 2.23. The van der Waals surface area contributed by atoms with Crippen LogP contribution in [0.3, 0.4) is 0 Å². The topological polar surface area (TPSA) is 34.1 Å². The van der Waals surface area contributed by atoms with E-state index in [0.29, 0.717) is 9.79 Å². The number of hydrogen-bond donors (Lipinski definition) is 0. The van der Waals surface area contributed by atoms with Gasteiger partial charge in [-0.05, 0) is 29.5 Å². The molecule has 2 nitrogen and oxygen atoms in total. The van der Waals surface area contributed by atoms with Crippen molar-refractivity contribution in [1.29, 1.82) is 0 Å². The molecule has 0 fully saturated rings. The van der Waals surface area contributed by atoms with Crippen LogP contribution < -0.4 is 0 Å². The van der Waals surface area contributed by atoms with Gasteiger partial charge in [0.25, 0.3) is 0 Å². The standard InChI is InChI=1S/C20H18O2S/c1-13-8-11-18-17(12-13)20(2,3)16-10-9-14-6-4-5-7-15(14)19(16)23(18,21)22/h4-12H,1-3H3. The molecule has 0 amide bonds. The van der Waals surface area contributed by atoms with Crippen LogP contribution in [0.25, 0.3) is 10.8 Å². The van der Waals surface area contributed by atoms with Crippen molar-refractivity contribution in [3.05, 3.63) is 71.3 Å². The minimum Gasteiger partial charge on any atom is -0.218 e. The number of aryl methyl sites for hydroxylation is 1. The van der Waals surface area contributed by atoms with Crippen LogP contribution in [0.4, 0.5) is 0 Å². The predicted molar refractivity (Wildman–Crippen MR) is 92.7 cm³/mol. The molecule has 0 unspecified atom stereocenters. The highest BCUT2D eigenvalue weighted by Gasteiger charge is 2.41. The molecule has 0 atom stereocenters. The summed E-state index contributed by atoms with van der Waals surface area (Å²) in [4.78, 5) is 0.911. The van der Waals surface area contributed by atoms with Crippen LogP contribution >= 0.6 is 0 Å². The summed E-state index contributed by atoms with van der Waals surface area (Å²) in [5, 5.41) is 1.77. The fourth-order valence-electron chi connectivity index (χ4n) is 3.65. The molecule has 4 rings (SSSR count). The molecule has 0 bridgehead atoms. The maximum atomic E-state index is 13.3. The zero-order valence-corrected chi connectivity index (χ0v) is 14.2. The van der Waals surface area contributed by atoms with Crippen molar-refractivity contribution < 1.29 is 8.42 Å². The van der Waals surface area contributed by atoms with E-state index in [2.05, 4.69) is 13.8 Å². The molecule has 0 aromatic heterocycles. The van der Waals surface area contributed by atoms with Crippen molar-refractivity contribution in [3.63, 3.8) is 0 Å². The molecule has 0 saturated carbocycles. The van der Waals surface area contributed by atoms with Gasteiger partial charge in [-0.15, -0.1) is 0 Å². The van der Waals surface area contributed by atoms with Crippen molar-refractivity contribution >= 4 is 20.6 Å². The first-order chi connectivity index (χ1) is 10.8. The van der Waals surface area contributed by atoms with Gasteiger partial charge in [0.1, 0.15) is 0 Å². The summed E-state index contributed by atoms with van der Waals surface area (Å²) in [6, 6.07) is 17.3. The predicted octanol–water partition coefficient (Wildman–Crippen LogP) is 4.62. The molecular weight excluding hydrogens is 304 g/mol. The SMILES string of the molecule is Cc1ccc2c(c1)C(C)(C)c1ccc3ccccc3c1S2(=O)=O. The molecule has 1 aliphatic rings. The summed E-state index contributed by atoms with van der Waals surface area (Å²) in [6.45, 7) is 6.21. The first kappa shape index (κ1) is 14.5. The Morgan fingerprint density at radius 3 is 2.39 bits per heavy atom. The van der Waals surface area contributed by atoms with Gasteiger partial charge in [0.2, 0.25) is 9.84 Å². The summed E-state index contributed by atoms with van der Waals surface area (Å²) in [5.74, 6) is 0. The second-order valence-electron chi connectivity index (χ2n) is 6.79. The smallest absolute Gasteiger partial charge is 0.207 e. The van der Waals surface area contributed by atoms with Crippen molar-refractivity contribution in [2.24, 2.45) is 0 Å². The molecule has 0 N–H and O–H groups in total. The first-order valence-corrected chi connectivity index (χ1v) is 9.20. The summed E-state index contributed by atoms with van der Waals surface area (Å²) in [6.07, 6.45) is 0. The number of fused-ring (bicyclic) bond motifs is 4. The lowest BCUT2D eigenvalue weighted by Gasteiger charge is -2.35. The fraction of sp³-hybridized carbons (Fsp3) is 0.200. The molecule has 116 valence electrons. The van der Waals surface area contributed by atoms with Crippen molar-refractivity contribution in [2.75, 3.05) is 0 Å². The third kappa shape index (κ3) is 1.83. The van der Waals surface area contributed by atoms with E-state index in [1.54, 1.807) is 6.07 Å². The molecule has 0 saturated heterocycles. The fourth-order valence-corrected chi connectivity index (χ4v) is 5.81. The van der Waals surface area contributed by atoms with E-state index in [0.717, 1.165) is 27.5 Å². The van der Waals surface area contributed by atoms with Crippen LogP contribution in [-0.4, -0.2) is 8.42 Å². The van der Waals surface area contributed by atoms with Crippen LogP contribution in [0.2, 0.25) is 0 Å². The number of hydrogen-bond acceptors (Lipinski definition) is 2. The average molecular weight is 322 g/mol. The molecule has 3 aromatic carbocycles.